The van der Waals surface area contributed by atoms with E-state index in [0.29, 0.717) is 11.4 Å². The maximum atomic E-state index is 10.9. The molecule has 122 valence electrons. The minimum Gasteiger partial charge on any atom is -0.462 e. The second-order valence-electron chi connectivity index (χ2n) is 5.02. The Balaban J connectivity index is 2.04. The number of amides is 1. The van der Waals surface area contributed by atoms with Crippen molar-refractivity contribution >= 4 is 11.6 Å². The highest BCUT2D eigenvalue weighted by molar-refractivity contribution is 5.88. The molecule has 1 aromatic rings. The van der Waals surface area contributed by atoms with Gasteiger partial charge in [-0.2, -0.15) is 0 Å². The van der Waals surface area contributed by atoms with Gasteiger partial charge in [0.1, 0.15) is 30.2 Å². The van der Waals surface area contributed by atoms with Gasteiger partial charge in [0.05, 0.1) is 6.61 Å². The summed E-state index contributed by atoms with van der Waals surface area (Å²) in [6, 6.07) is 6.29. The first-order chi connectivity index (χ1) is 10.4. The minimum absolute atomic E-state index is 0.206. The molecule has 1 aromatic carbocycles. The zero-order chi connectivity index (χ0) is 16.3. The van der Waals surface area contributed by atoms with Gasteiger partial charge < -0.3 is 35.2 Å². The summed E-state index contributed by atoms with van der Waals surface area (Å²) >= 11 is 0. The zero-order valence-electron chi connectivity index (χ0n) is 11.9. The fourth-order valence-corrected chi connectivity index (χ4v) is 2.12. The van der Waals surface area contributed by atoms with Crippen molar-refractivity contribution in [2.75, 3.05) is 11.9 Å². The summed E-state index contributed by atoms with van der Waals surface area (Å²) in [5, 5.41) is 40.9. The van der Waals surface area contributed by atoms with E-state index in [4.69, 9.17) is 14.6 Å². The van der Waals surface area contributed by atoms with Gasteiger partial charge in [0, 0.05) is 12.6 Å². The number of nitrogens with one attached hydrogen (secondary N) is 1. The zero-order valence-corrected chi connectivity index (χ0v) is 11.9. The second kappa shape index (κ2) is 7.03. The van der Waals surface area contributed by atoms with E-state index in [9.17, 15) is 20.1 Å². The Labute approximate surface area is 126 Å². The molecule has 1 aliphatic rings. The Bertz CT molecular complexity index is 504. The van der Waals surface area contributed by atoms with Crippen LogP contribution in [0, 0.1) is 0 Å². The largest absolute Gasteiger partial charge is 0.462 e. The quantitative estimate of drug-likeness (QED) is 0.473. The van der Waals surface area contributed by atoms with Crippen molar-refractivity contribution in [3.63, 3.8) is 0 Å². The third-order valence-electron chi connectivity index (χ3n) is 3.28. The van der Waals surface area contributed by atoms with Crippen LogP contribution in [0.1, 0.15) is 6.92 Å². The predicted molar refractivity (Wildman–Crippen MR) is 75.1 cm³/mol. The van der Waals surface area contributed by atoms with E-state index in [1.165, 1.54) is 6.92 Å². The van der Waals surface area contributed by atoms with Gasteiger partial charge in [-0.05, 0) is 24.3 Å². The number of carbonyl (C=O) groups excluding carboxylic acids is 1. The van der Waals surface area contributed by atoms with Gasteiger partial charge in [-0.25, -0.2) is 0 Å². The highest BCUT2D eigenvalue weighted by Gasteiger charge is 2.44. The number of aliphatic hydroxyl groups is 4. The molecular formula is C14H19NO7. The number of benzene rings is 1. The summed E-state index contributed by atoms with van der Waals surface area (Å²) in [6.07, 6.45) is -6.64. The number of hydrogen-bond donors (Lipinski definition) is 5. The average molecular weight is 313 g/mol. The number of hydrogen-bond acceptors (Lipinski definition) is 7. The van der Waals surface area contributed by atoms with Crippen LogP contribution in [-0.4, -0.2) is 63.6 Å². The summed E-state index contributed by atoms with van der Waals surface area (Å²) in [4.78, 5) is 10.9. The molecule has 0 radical (unpaired) electrons. The summed E-state index contributed by atoms with van der Waals surface area (Å²) in [5.74, 6) is 0.126. The first kappa shape index (κ1) is 16.7. The molecule has 8 heteroatoms. The number of rotatable bonds is 4. The number of carbonyl (C=O) groups is 1. The van der Waals surface area contributed by atoms with Gasteiger partial charge in [-0.15, -0.1) is 0 Å². The van der Waals surface area contributed by atoms with Crippen molar-refractivity contribution in [1.29, 1.82) is 0 Å². The summed E-state index contributed by atoms with van der Waals surface area (Å²) < 4.78 is 10.6. The molecule has 0 bridgehead atoms. The van der Waals surface area contributed by atoms with E-state index in [1.807, 2.05) is 0 Å². The third kappa shape index (κ3) is 3.73. The van der Waals surface area contributed by atoms with Crippen LogP contribution in [0.3, 0.4) is 0 Å². The van der Waals surface area contributed by atoms with E-state index in [0.717, 1.165) is 0 Å². The maximum Gasteiger partial charge on any atom is 0.229 e. The lowest BCUT2D eigenvalue weighted by Gasteiger charge is -2.39. The van der Waals surface area contributed by atoms with Crippen LogP contribution in [0.4, 0.5) is 5.69 Å². The lowest BCUT2D eigenvalue weighted by Crippen LogP contribution is -2.60. The molecule has 1 unspecified atom stereocenters. The Morgan fingerprint density at radius 1 is 1.18 bits per heavy atom. The second-order valence-corrected chi connectivity index (χ2v) is 5.02. The van der Waals surface area contributed by atoms with E-state index in [1.54, 1.807) is 24.3 Å². The maximum absolute atomic E-state index is 10.9. The van der Waals surface area contributed by atoms with Crippen LogP contribution in [-0.2, 0) is 9.53 Å². The SMILES string of the molecule is CC(=O)Nc1ccc(O[C@H]2OC(CO)[C@H](O)[C@H](O)[C@@H]2O)cc1. The fourth-order valence-electron chi connectivity index (χ4n) is 2.12. The lowest BCUT2D eigenvalue weighted by atomic mass is 9.99. The summed E-state index contributed by atoms with van der Waals surface area (Å²) in [5.41, 5.74) is 0.577. The van der Waals surface area contributed by atoms with Gasteiger partial charge in [-0.3, -0.25) is 4.79 Å². The molecule has 1 aliphatic heterocycles. The molecule has 1 amide bonds. The molecule has 1 heterocycles. The van der Waals surface area contributed by atoms with E-state index in [-0.39, 0.29) is 5.91 Å². The van der Waals surface area contributed by atoms with Gasteiger partial charge in [0.2, 0.25) is 12.2 Å². The van der Waals surface area contributed by atoms with E-state index in [2.05, 4.69) is 5.32 Å². The van der Waals surface area contributed by atoms with E-state index >= 15 is 0 Å². The Hall–Kier alpha value is -1.71. The Morgan fingerprint density at radius 2 is 1.82 bits per heavy atom. The number of aliphatic hydroxyl groups excluding tert-OH is 4. The molecule has 22 heavy (non-hydrogen) atoms. The first-order valence-electron chi connectivity index (χ1n) is 6.77. The molecule has 5 atom stereocenters. The monoisotopic (exact) mass is 313 g/mol. The van der Waals surface area contributed by atoms with E-state index < -0.39 is 37.3 Å². The summed E-state index contributed by atoms with van der Waals surface area (Å²) in [6.45, 7) is 0.866. The molecular weight excluding hydrogens is 294 g/mol. The highest BCUT2D eigenvalue weighted by Crippen LogP contribution is 2.25. The standard InChI is InChI=1S/C14H19NO7/c1-7(17)15-8-2-4-9(5-3-8)21-14-13(20)12(19)11(18)10(6-16)22-14/h2-5,10-14,16,18-20H,6H2,1H3,(H,15,17)/t10?,11-,12-,13-,14-/m0/s1. The van der Waals surface area contributed by atoms with Crippen molar-refractivity contribution in [3.05, 3.63) is 24.3 Å². The summed E-state index contributed by atoms with van der Waals surface area (Å²) in [7, 11) is 0. The average Bonchev–Trinajstić information content (AvgIpc) is 2.49. The van der Waals surface area contributed by atoms with Crippen LogP contribution in [0.5, 0.6) is 5.75 Å². The van der Waals surface area contributed by atoms with Gasteiger partial charge in [0.25, 0.3) is 0 Å². The molecule has 8 nitrogen and oxygen atoms in total. The molecule has 2 rings (SSSR count). The van der Waals surface area contributed by atoms with Crippen molar-refractivity contribution in [2.45, 2.75) is 37.6 Å². The van der Waals surface area contributed by atoms with Crippen molar-refractivity contribution in [3.8, 4) is 5.75 Å². The van der Waals surface area contributed by atoms with Crippen LogP contribution in [0.15, 0.2) is 24.3 Å². The predicted octanol–water partition coefficient (Wildman–Crippen LogP) is -1.18. The van der Waals surface area contributed by atoms with Crippen LogP contribution < -0.4 is 10.1 Å². The molecule has 0 aromatic heterocycles. The molecule has 5 N–H and O–H groups in total. The van der Waals surface area contributed by atoms with Crippen LogP contribution in [0.25, 0.3) is 0 Å². The number of ether oxygens (including phenoxy) is 2. The van der Waals surface area contributed by atoms with Crippen LogP contribution in [0.2, 0.25) is 0 Å². The smallest absolute Gasteiger partial charge is 0.229 e. The third-order valence-corrected chi connectivity index (χ3v) is 3.28. The molecule has 0 aliphatic carbocycles. The Kier molecular flexibility index (Phi) is 5.33. The van der Waals surface area contributed by atoms with Crippen molar-refractivity contribution in [2.24, 2.45) is 0 Å². The van der Waals surface area contributed by atoms with Gasteiger partial charge in [0.15, 0.2) is 0 Å². The molecule has 0 saturated carbocycles. The fraction of sp³-hybridized carbons (Fsp3) is 0.500. The van der Waals surface area contributed by atoms with Gasteiger partial charge >= 0.3 is 0 Å². The number of anilines is 1. The van der Waals surface area contributed by atoms with Crippen LogP contribution >= 0.6 is 0 Å². The Morgan fingerprint density at radius 3 is 2.36 bits per heavy atom. The molecule has 1 fully saturated rings. The van der Waals surface area contributed by atoms with Crippen molar-refractivity contribution in [1.82, 2.24) is 0 Å². The normalized spacial score (nSPS) is 31.6. The lowest BCUT2D eigenvalue weighted by molar-refractivity contribution is -0.277. The minimum atomic E-state index is -1.49. The molecule has 1 saturated heterocycles. The molecule has 0 spiro atoms. The highest BCUT2D eigenvalue weighted by atomic mass is 16.7. The first-order valence-corrected chi connectivity index (χ1v) is 6.77. The van der Waals surface area contributed by atoms with Gasteiger partial charge in [-0.1, -0.05) is 0 Å². The topological polar surface area (TPSA) is 128 Å². The van der Waals surface area contributed by atoms with Crippen molar-refractivity contribution < 1.29 is 34.7 Å².